The third-order valence-electron chi connectivity index (χ3n) is 3.01. The fourth-order valence-corrected chi connectivity index (χ4v) is 7.88. The summed E-state index contributed by atoms with van der Waals surface area (Å²) in [6.45, 7) is 5.05. The predicted octanol–water partition coefficient (Wildman–Crippen LogP) is 3.94. The van der Waals surface area contributed by atoms with E-state index in [1.54, 1.807) is 11.3 Å². The van der Waals surface area contributed by atoms with Crippen LogP contribution in [0.1, 0.15) is 18.7 Å². The minimum absolute atomic E-state index is 0.259. The van der Waals surface area contributed by atoms with Gasteiger partial charge in [-0.05, 0) is 0 Å². The molecule has 1 aliphatic rings. The molecule has 2 rings (SSSR count). The van der Waals surface area contributed by atoms with E-state index < -0.39 is 20.1 Å². The van der Waals surface area contributed by atoms with Gasteiger partial charge in [-0.2, -0.15) is 0 Å². The van der Waals surface area contributed by atoms with E-state index in [0.717, 1.165) is 0 Å². The second-order valence-electron chi connectivity index (χ2n) is 4.58. The Hall–Kier alpha value is -0.860. The number of esters is 1. The summed E-state index contributed by atoms with van der Waals surface area (Å²) >= 11 is 0.496. The van der Waals surface area contributed by atoms with Gasteiger partial charge in [0.25, 0.3) is 0 Å². The zero-order valence-electron chi connectivity index (χ0n) is 12.9. The van der Waals surface area contributed by atoms with Gasteiger partial charge in [0.2, 0.25) is 0 Å². The van der Waals surface area contributed by atoms with Crippen molar-refractivity contribution in [2.75, 3.05) is 24.4 Å². The number of carbonyl (C=O) groups excluding carboxylic acids is 1. The van der Waals surface area contributed by atoms with Crippen molar-refractivity contribution in [1.82, 2.24) is 3.11 Å². The summed E-state index contributed by atoms with van der Waals surface area (Å²) in [6, 6.07) is 4.22. The molecule has 2 heterocycles. The van der Waals surface area contributed by atoms with Gasteiger partial charge in [0.1, 0.15) is 0 Å². The van der Waals surface area contributed by atoms with Gasteiger partial charge < -0.3 is 0 Å². The van der Waals surface area contributed by atoms with E-state index in [1.165, 1.54) is 16.2 Å². The van der Waals surface area contributed by atoms with Crippen molar-refractivity contribution in [3.05, 3.63) is 40.7 Å². The fourth-order valence-electron chi connectivity index (χ4n) is 2.03. The zero-order valence-corrected chi connectivity index (χ0v) is 15.9. The third kappa shape index (κ3) is 5.40. The van der Waals surface area contributed by atoms with Crippen LogP contribution >= 0.6 is 31.4 Å². The number of rotatable bonds is 8. The zero-order chi connectivity index (χ0) is 15.8. The molecule has 0 bridgehead atoms. The maximum atomic E-state index is 10.7. The monoisotopic (exact) mass is 435 g/mol. The molecule has 0 aliphatic carbocycles. The molecule has 1 atom stereocenters. The first-order chi connectivity index (χ1) is 10.7. The number of halogens is 1. The average molecular weight is 435 g/mol. The topological polar surface area (TPSA) is 38.8 Å². The predicted molar refractivity (Wildman–Crippen MR) is 100 cm³/mol. The van der Waals surface area contributed by atoms with E-state index in [-0.39, 0.29) is 5.97 Å². The van der Waals surface area contributed by atoms with Crippen LogP contribution in [0, 0.1) is 0 Å². The van der Waals surface area contributed by atoms with Crippen LogP contribution in [0.2, 0.25) is 0 Å². The molecule has 0 radical (unpaired) electrons. The second kappa shape index (κ2) is 9.32. The molecule has 0 spiro atoms. The van der Waals surface area contributed by atoms with Gasteiger partial charge in [-0.3, -0.25) is 0 Å². The minimum atomic E-state index is -1.27. The molecule has 1 aromatic rings. The quantitative estimate of drug-likeness (QED) is 0.204. The van der Waals surface area contributed by atoms with Crippen LogP contribution in [0.15, 0.2) is 35.9 Å². The molecule has 1 unspecified atom stereocenters. The standard InChI is InChI=1S/C16H22INO3S/c1-3-17-15(6-7-16-5-4-12-22-16)8-9-18(17)13-20-10-11-21-14(2)19/h4-9,12,15H,3,10-11,13H2,1-2H3/b7-6+. The molecule has 122 valence electrons. The number of nitrogens with zero attached hydrogens (tertiary/aromatic N) is 1. The molecule has 0 aromatic carbocycles. The Balaban J connectivity index is 1.77. The van der Waals surface area contributed by atoms with E-state index in [9.17, 15) is 4.79 Å². The summed E-state index contributed by atoms with van der Waals surface area (Å²) in [5.41, 5.74) is 0. The van der Waals surface area contributed by atoms with E-state index in [1.807, 2.05) is 0 Å². The van der Waals surface area contributed by atoms with Crippen LogP contribution in [0.25, 0.3) is 6.08 Å². The van der Waals surface area contributed by atoms with Crippen LogP contribution in [-0.4, -0.2) is 37.4 Å². The van der Waals surface area contributed by atoms with Crippen LogP contribution < -0.4 is 0 Å². The number of allylic oxidation sites excluding steroid dienone is 2. The number of hydrogen-bond donors (Lipinski definition) is 0. The number of hydrogen-bond acceptors (Lipinski definition) is 5. The van der Waals surface area contributed by atoms with E-state index >= 15 is 0 Å². The van der Waals surface area contributed by atoms with E-state index in [0.29, 0.717) is 23.9 Å². The normalized spacial score (nSPS) is 19.3. The summed E-state index contributed by atoms with van der Waals surface area (Å²) in [7, 11) is 0. The number of thiophene rings is 1. The number of carbonyl (C=O) groups is 1. The van der Waals surface area contributed by atoms with Gasteiger partial charge in [0, 0.05) is 0 Å². The summed E-state index contributed by atoms with van der Waals surface area (Å²) in [5.74, 6) is -0.259. The Morgan fingerprint density at radius 2 is 2.36 bits per heavy atom. The molecule has 0 saturated heterocycles. The van der Waals surface area contributed by atoms with Crippen molar-refractivity contribution in [3.8, 4) is 0 Å². The summed E-state index contributed by atoms with van der Waals surface area (Å²) < 4.78 is 14.6. The first-order valence-electron chi connectivity index (χ1n) is 7.23. The molecule has 0 saturated carbocycles. The van der Waals surface area contributed by atoms with Crippen LogP contribution in [0.3, 0.4) is 0 Å². The molecular formula is C16H22INO3S. The number of ether oxygens (including phenoxy) is 2. The van der Waals surface area contributed by atoms with Gasteiger partial charge >= 0.3 is 144 Å². The molecule has 4 nitrogen and oxygen atoms in total. The Kier molecular flexibility index (Phi) is 7.41. The molecule has 0 fully saturated rings. The van der Waals surface area contributed by atoms with Crippen molar-refractivity contribution >= 4 is 43.5 Å². The Bertz CT molecular complexity index is 515. The molecule has 0 amide bonds. The van der Waals surface area contributed by atoms with Gasteiger partial charge in [0.05, 0.1) is 0 Å². The third-order valence-corrected chi connectivity index (χ3v) is 10.1. The van der Waals surface area contributed by atoms with Crippen molar-refractivity contribution in [2.45, 2.75) is 17.8 Å². The SMILES string of the molecule is CCI1C(/C=C/c2cccs2)C=CN1COCCOC(C)=O. The summed E-state index contributed by atoms with van der Waals surface area (Å²) in [6.07, 6.45) is 9.01. The molecule has 1 aliphatic heterocycles. The first kappa shape index (κ1) is 17.5. The van der Waals surface area contributed by atoms with E-state index in [4.69, 9.17) is 9.47 Å². The first-order valence-corrected chi connectivity index (χ1v) is 11.8. The van der Waals surface area contributed by atoms with Crippen molar-refractivity contribution in [3.63, 3.8) is 0 Å². The van der Waals surface area contributed by atoms with Crippen LogP contribution in [0.4, 0.5) is 0 Å². The van der Waals surface area contributed by atoms with Crippen molar-refractivity contribution in [1.29, 1.82) is 0 Å². The molecule has 0 N–H and O–H groups in total. The maximum absolute atomic E-state index is 10.7. The van der Waals surface area contributed by atoms with Gasteiger partial charge in [-0.15, -0.1) is 0 Å². The van der Waals surface area contributed by atoms with Crippen LogP contribution in [0.5, 0.6) is 0 Å². The summed E-state index contributed by atoms with van der Waals surface area (Å²) in [4.78, 5) is 12.0. The second-order valence-corrected chi connectivity index (χ2v) is 11.9. The van der Waals surface area contributed by atoms with E-state index in [2.05, 4.69) is 52.0 Å². The summed E-state index contributed by atoms with van der Waals surface area (Å²) in [5, 5.41) is 2.10. The molecule has 22 heavy (non-hydrogen) atoms. The number of alkyl halides is 2. The van der Waals surface area contributed by atoms with Crippen LogP contribution in [-0.2, 0) is 14.3 Å². The van der Waals surface area contributed by atoms with Crippen molar-refractivity contribution < 1.29 is 14.3 Å². The fraction of sp³-hybridized carbons (Fsp3) is 0.438. The van der Waals surface area contributed by atoms with Gasteiger partial charge in [-0.1, -0.05) is 0 Å². The molecular weight excluding hydrogens is 413 g/mol. The van der Waals surface area contributed by atoms with Crippen molar-refractivity contribution in [2.24, 2.45) is 0 Å². The molecule has 1 aromatic heterocycles. The van der Waals surface area contributed by atoms with Gasteiger partial charge in [-0.25, -0.2) is 0 Å². The molecule has 6 heteroatoms. The Morgan fingerprint density at radius 1 is 1.50 bits per heavy atom. The average Bonchev–Trinajstić information content (AvgIpc) is 3.13. The van der Waals surface area contributed by atoms with Gasteiger partial charge in [0.15, 0.2) is 0 Å². The Labute approximate surface area is 143 Å². The Morgan fingerprint density at radius 3 is 3.05 bits per heavy atom.